The molecule has 0 aromatic heterocycles. The quantitative estimate of drug-likeness (QED) is 0.752. The summed E-state index contributed by atoms with van der Waals surface area (Å²) in [5.41, 5.74) is 0. The van der Waals surface area contributed by atoms with Crippen LogP contribution in [0.25, 0.3) is 0 Å². The molecule has 3 atom stereocenters. The number of fused-ring (bicyclic) bond motifs is 2. The summed E-state index contributed by atoms with van der Waals surface area (Å²) in [7, 11) is 0. The smallest absolute Gasteiger partial charge is 0.305 e. The number of likely N-dealkylation sites (tertiary alicyclic amines) is 1. The van der Waals surface area contributed by atoms with Crippen LogP contribution in [0, 0.1) is 11.8 Å². The molecule has 1 saturated heterocycles. The molecule has 0 aromatic rings. The highest BCUT2D eigenvalue weighted by Gasteiger charge is 2.47. The van der Waals surface area contributed by atoms with Crippen molar-refractivity contribution in [3.05, 3.63) is 0 Å². The third kappa shape index (κ3) is 2.26. The summed E-state index contributed by atoms with van der Waals surface area (Å²) in [6.07, 6.45) is 3.42. The van der Waals surface area contributed by atoms with Gasteiger partial charge in [-0.2, -0.15) is 0 Å². The lowest BCUT2D eigenvalue weighted by atomic mass is 9.93. The van der Waals surface area contributed by atoms with E-state index in [9.17, 15) is 14.4 Å². The van der Waals surface area contributed by atoms with Crippen LogP contribution in [0.5, 0.6) is 0 Å². The van der Waals surface area contributed by atoms with E-state index in [1.54, 1.807) is 0 Å². The second-order valence-electron chi connectivity index (χ2n) is 5.29. The molecule has 0 radical (unpaired) electrons. The Morgan fingerprint density at radius 2 is 1.89 bits per heavy atom. The van der Waals surface area contributed by atoms with Crippen LogP contribution >= 0.6 is 0 Å². The first-order valence-electron chi connectivity index (χ1n) is 6.63. The highest BCUT2D eigenvalue weighted by molar-refractivity contribution is 6.01. The minimum absolute atomic E-state index is 0.0548. The number of hydrogen-bond donors (Lipinski definition) is 1. The summed E-state index contributed by atoms with van der Waals surface area (Å²) in [6, 6.07) is -0.462. The third-order valence-corrected chi connectivity index (χ3v) is 4.00. The van der Waals surface area contributed by atoms with E-state index in [0.717, 1.165) is 19.3 Å². The molecule has 2 fully saturated rings. The normalized spacial score (nSPS) is 28.6. The van der Waals surface area contributed by atoms with Crippen LogP contribution in [0.3, 0.4) is 0 Å². The Balaban J connectivity index is 2.19. The van der Waals surface area contributed by atoms with Crippen molar-refractivity contribution in [1.82, 2.24) is 4.90 Å². The van der Waals surface area contributed by atoms with E-state index in [1.165, 1.54) is 4.90 Å². The molecule has 2 rings (SSSR count). The number of rotatable bonds is 5. The van der Waals surface area contributed by atoms with Gasteiger partial charge < -0.3 is 5.11 Å². The Morgan fingerprint density at radius 3 is 2.33 bits per heavy atom. The fraction of sp³-hybridized carbons (Fsp3) is 0.769. The molecule has 1 saturated carbocycles. The Labute approximate surface area is 106 Å². The molecule has 3 unspecified atom stereocenters. The van der Waals surface area contributed by atoms with E-state index < -0.39 is 12.0 Å². The van der Waals surface area contributed by atoms with Crippen molar-refractivity contribution >= 4 is 17.8 Å². The number of nitrogens with zero attached hydrogens (tertiary/aromatic N) is 1. The molecule has 5 nitrogen and oxygen atoms in total. The molecule has 5 heteroatoms. The summed E-state index contributed by atoms with van der Waals surface area (Å²) >= 11 is 0. The number of carboxylic acids is 1. The first-order chi connectivity index (χ1) is 8.54. The molecule has 2 amide bonds. The standard InChI is InChI=1S/C13H19NO4/c1-2-3-10(7-11(15)16)14-12(17)8-4-5-9(6-8)13(14)18/h8-10H,2-7H2,1H3,(H,15,16). The van der Waals surface area contributed by atoms with E-state index in [-0.39, 0.29) is 30.1 Å². The van der Waals surface area contributed by atoms with Crippen LogP contribution in [0.1, 0.15) is 45.4 Å². The van der Waals surface area contributed by atoms with Crippen LogP contribution < -0.4 is 0 Å². The summed E-state index contributed by atoms with van der Waals surface area (Å²) in [6.45, 7) is 1.93. The van der Waals surface area contributed by atoms with E-state index in [0.29, 0.717) is 12.8 Å². The molecule has 0 aromatic carbocycles. The Bertz CT molecular complexity index is 357. The van der Waals surface area contributed by atoms with Crippen molar-refractivity contribution in [2.24, 2.45) is 11.8 Å². The van der Waals surface area contributed by atoms with E-state index in [1.807, 2.05) is 6.92 Å². The van der Waals surface area contributed by atoms with Crippen LogP contribution in [-0.4, -0.2) is 33.8 Å². The van der Waals surface area contributed by atoms with Gasteiger partial charge in [-0.05, 0) is 25.7 Å². The number of aliphatic carboxylic acids is 1. The second kappa shape index (κ2) is 5.08. The first-order valence-corrected chi connectivity index (χ1v) is 6.63. The molecule has 1 heterocycles. The van der Waals surface area contributed by atoms with Gasteiger partial charge in [0.05, 0.1) is 12.5 Å². The van der Waals surface area contributed by atoms with Gasteiger partial charge in [0.1, 0.15) is 0 Å². The van der Waals surface area contributed by atoms with Gasteiger partial charge in [0.15, 0.2) is 0 Å². The minimum Gasteiger partial charge on any atom is -0.481 e. The highest BCUT2D eigenvalue weighted by Crippen LogP contribution is 2.39. The van der Waals surface area contributed by atoms with Crippen molar-refractivity contribution in [3.8, 4) is 0 Å². The maximum Gasteiger partial charge on any atom is 0.305 e. The van der Waals surface area contributed by atoms with E-state index in [4.69, 9.17) is 5.11 Å². The monoisotopic (exact) mass is 253 g/mol. The highest BCUT2D eigenvalue weighted by atomic mass is 16.4. The Kier molecular flexibility index (Phi) is 3.68. The lowest BCUT2D eigenvalue weighted by Crippen LogP contribution is -2.52. The van der Waals surface area contributed by atoms with Crippen molar-refractivity contribution in [2.45, 2.75) is 51.5 Å². The van der Waals surface area contributed by atoms with Gasteiger partial charge >= 0.3 is 5.97 Å². The number of piperidine rings is 1. The third-order valence-electron chi connectivity index (χ3n) is 4.00. The Hall–Kier alpha value is -1.39. The van der Waals surface area contributed by atoms with Crippen molar-refractivity contribution in [1.29, 1.82) is 0 Å². The van der Waals surface area contributed by atoms with Gasteiger partial charge in [0.25, 0.3) is 0 Å². The number of hydrogen-bond acceptors (Lipinski definition) is 3. The topological polar surface area (TPSA) is 74.7 Å². The molecule has 1 N–H and O–H groups in total. The Morgan fingerprint density at radius 1 is 1.33 bits per heavy atom. The summed E-state index contributed by atoms with van der Waals surface area (Å²) < 4.78 is 0. The number of amides is 2. The van der Waals surface area contributed by atoms with Crippen LogP contribution in [-0.2, 0) is 14.4 Å². The first kappa shape index (κ1) is 13.1. The maximum absolute atomic E-state index is 12.2. The fourth-order valence-electron chi connectivity index (χ4n) is 3.15. The molecule has 2 aliphatic rings. The largest absolute Gasteiger partial charge is 0.481 e. The number of carbonyl (C=O) groups is 3. The number of imide groups is 1. The minimum atomic E-state index is -0.952. The fourth-order valence-corrected chi connectivity index (χ4v) is 3.15. The lowest BCUT2D eigenvalue weighted by Gasteiger charge is -2.35. The predicted molar refractivity (Wildman–Crippen MR) is 63.6 cm³/mol. The molecular formula is C13H19NO4. The zero-order chi connectivity index (χ0) is 13.3. The van der Waals surface area contributed by atoms with Gasteiger partial charge in [-0.15, -0.1) is 0 Å². The number of carbonyl (C=O) groups excluding carboxylic acids is 2. The van der Waals surface area contributed by atoms with Crippen molar-refractivity contribution in [3.63, 3.8) is 0 Å². The van der Waals surface area contributed by atoms with Crippen molar-refractivity contribution < 1.29 is 19.5 Å². The van der Waals surface area contributed by atoms with Crippen LogP contribution in [0.2, 0.25) is 0 Å². The molecule has 1 aliphatic carbocycles. The maximum atomic E-state index is 12.2. The van der Waals surface area contributed by atoms with Gasteiger partial charge in [0, 0.05) is 11.8 Å². The summed E-state index contributed by atoms with van der Waals surface area (Å²) in [4.78, 5) is 36.5. The SMILES string of the molecule is CCCC(CC(=O)O)N1C(=O)C2CCC(C2)C1=O. The average molecular weight is 253 g/mol. The second-order valence-corrected chi connectivity index (χ2v) is 5.29. The molecule has 2 bridgehead atoms. The van der Waals surface area contributed by atoms with Crippen LogP contribution in [0.4, 0.5) is 0 Å². The zero-order valence-electron chi connectivity index (χ0n) is 10.6. The van der Waals surface area contributed by atoms with Gasteiger partial charge in [-0.3, -0.25) is 19.3 Å². The van der Waals surface area contributed by atoms with Gasteiger partial charge in [-0.25, -0.2) is 0 Å². The molecule has 100 valence electrons. The molecule has 18 heavy (non-hydrogen) atoms. The molecular weight excluding hydrogens is 234 g/mol. The lowest BCUT2D eigenvalue weighted by molar-refractivity contribution is -0.157. The average Bonchev–Trinajstić information content (AvgIpc) is 2.73. The zero-order valence-corrected chi connectivity index (χ0v) is 10.6. The van der Waals surface area contributed by atoms with Gasteiger partial charge in [-0.1, -0.05) is 13.3 Å². The molecule has 1 aliphatic heterocycles. The predicted octanol–water partition coefficient (Wildman–Crippen LogP) is 1.41. The van der Waals surface area contributed by atoms with Crippen LogP contribution in [0.15, 0.2) is 0 Å². The number of carboxylic acid groups (broad SMARTS) is 1. The summed E-state index contributed by atoms with van der Waals surface area (Å²) in [5, 5.41) is 8.91. The molecule has 0 spiro atoms. The van der Waals surface area contributed by atoms with Crippen molar-refractivity contribution in [2.75, 3.05) is 0 Å². The van der Waals surface area contributed by atoms with Gasteiger partial charge in [0.2, 0.25) is 11.8 Å². The van der Waals surface area contributed by atoms with E-state index in [2.05, 4.69) is 0 Å². The summed E-state index contributed by atoms with van der Waals surface area (Å²) in [5.74, 6) is -1.35. The van der Waals surface area contributed by atoms with E-state index >= 15 is 0 Å².